The van der Waals surface area contributed by atoms with Crippen molar-refractivity contribution in [1.29, 1.82) is 0 Å². The van der Waals surface area contributed by atoms with E-state index >= 15 is 0 Å². The number of hydrogen-bond donors (Lipinski definition) is 0. The maximum absolute atomic E-state index is 13.4. The molecule has 0 bridgehead atoms. The number of rotatable bonds is 6. The molecule has 2 saturated heterocycles. The van der Waals surface area contributed by atoms with Gasteiger partial charge in [0.25, 0.3) is 11.5 Å². The Kier molecular flexibility index (Phi) is 7.11. The molecule has 218 valence electrons. The van der Waals surface area contributed by atoms with Crippen molar-refractivity contribution >= 4 is 46.2 Å². The van der Waals surface area contributed by atoms with Crippen molar-refractivity contribution in [3.8, 4) is 5.75 Å². The number of piperazine rings is 1. The van der Waals surface area contributed by atoms with Gasteiger partial charge in [-0.3, -0.25) is 33.0 Å². The van der Waals surface area contributed by atoms with Crippen molar-refractivity contribution in [3.05, 3.63) is 80.0 Å². The predicted molar refractivity (Wildman–Crippen MR) is 158 cm³/mol. The third kappa shape index (κ3) is 4.56. The molecule has 12 nitrogen and oxygen atoms in total. The Morgan fingerprint density at radius 2 is 1.69 bits per heavy atom. The highest BCUT2D eigenvalue weighted by Gasteiger charge is 2.43. The van der Waals surface area contributed by atoms with Crippen LogP contribution < -0.4 is 25.8 Å². The van der Waals surface area contributed by atoms with Crippen LogP contribution in [-0.2, 0) is 30.2 Å². The number of imide groups is 1. The normalized spacial score (nSPS) is 18.0. The lowest BCUT2D eigenvalue weighted by Crippen LogP contribution is -2.53. The summed E-state index contributed by atoms with van der Waals surface area (Å²) in [6, 6.07) is 13.7. The summed E-state index contributed by atoms with van der Waals surface area (Å²) < 4.78 is 9.52. The maximum Gasteiger partial charge on any atom is 0.332 e. The second kappa shape index (κ2) is 10.8. The van der Waals surface area contributed by atoms with Crippen LogP contribution in [0, 0.1) is 0 Å². The minimum Gasteiger partial charge on any atom is -0.497 e. The highest BCUT2D eigenvalue weighted by molar-refractivity contribution is 6.31. The molecule has 2 aliphatic rings. The van der Waals surface area contributed by atoms with Gasteiger partial charge in [0.15, 0.2) is 11.2 Å². The first-order valence-corrected chi connectivity index (χ1v) is 14.0. The van der Waals surface area contributed by atoms with Crippen LogP contribution in [-0.4, -0.2) is 74.7 Å². The lowest BCUT2D eigenvalue weighted by Gasteiger charge is -2.37. The molecule has 4 heterocycles. The van der Waals surface area contributed by atoms with E-state index in [1.54, 1.807) is 37.4 Å². The molecule has 13 heteroatoms. The molecule has 42 heavy (non-hydrogen) atoms. The van der Waals surface area contributed by atoms with Crippen LogP contribution in [0.1, 0.15) is 12.0 Å². The van der Waals surface area contributed by atoms with Crippen LogP contribution >= 0.6 is 11.6 Å². The molecule has 0 spiro atoms. The van der Waals surface area contributed by atoms with Gasteiger partial charge >= 0.3 is 5.69 Å². The van der Waals surface area contributed by atoms with Crippen LogP contribution in [0.15, 0.2) is 58.1 Å². The number of anilines is 2. The summed E-state index contributed by atoms with van der Waals surface area (Å²) in [7, 11) is 4.58. The van der Waals surface area contributed by atoms with E-state index in [2.05, 4.69) is 0 Å². The van der Waals surface area contributed by atoms with Crippen LogP contribution in [0.2, 0.25) is 5.02 Å². The summed E-state index contributed by atoms with van der Waals surface area (Å²) in [6.07, 6.45) is 0.0964. The molecular formula is C29H30ClN7O5. The monoisotopic (exact) mass is 591 g/mol. The summed E-state index contributed by atoms with van der Waals surface area (Å²) in [6.45, 7) is 2.28. The molecule has 0 saturated carbocycles. The molecular weight excluding hydrogens is 562 g/mol. The number of nitrogens with zero attached hydrogens (tertiary/aromatic N) is 7. The summed E-state index contributed by atoms with van der Waals surface area (Å²) in [5.41, 5.74) is 0.995. The minimum absolute atomic E-state index is 0.0964. The van der Waals surface area contributed by atoms with Crippen molar-refractivity contribution < 1.29 is 14.3 Å². The number of aromatic nitrogens is 4. The zero-order valence-corrected chi connectivity index (χ0v) is 24.2. The third-order valence-electron chi connectivity index (χ3n) is 8.09. The Morgan fingerprint density at radius 1 is 0.952 bits per heavy atom. The van der Waals surface area contributed by atoms with Crippen molar-refractivity contribution in [2.24, 2.45) is 14.1 Å². The van der Waals surface area contributed by atoms with E-state index in [9.17, 15) is 19.2 Å². The molecule has 1 unspecified atom stereocenters. The van der Waals surface area contributed by atoms with E-state index in [0.717, 1.165) is 10.1 Å². The standard InChI is InChI=1S/C29H30ClN7O5/c1-32-25-24(27(40)33(2)29(32)41)36(17-18-7-4-5-10-21(18)30)28(31-25)35-13-11-34(12-14-35)22-16-23(38)37(26(22)39)19-8-6-9-20(15-19)42-3/h4-10,15,22H,11-14,16-17H2,1-3H3. The van der Waals surface area contributed by atoms with Gasteiger partial charge in [-0.15, -0.1) is 0 Å². The zero-order chi connectivity index (χ0) is 29.7. The van der Waals surface area contributed by atoms with Gasteiger partial charge in [0.2, 0.25) is 11.9 Å². The fraction of sp³-hybridized carbons (Fsp3) is 0.345. The summed E-state index contributed by atoms with van der Waals surface area (Å²) >= 11 is 6.49. The van der Waals surface area contributed by atoms with E-state index in [0.29, 0.717) is 54.1 Å². The first-order valence-electron chi connectivity index (χ1n) is 13.6. The van der Waals surface area contributed by atoms with Gasteiger partial charge in [-0.2, -0.15) is 4.98 Å². The number of aryl methyl sites for hydroxylation is 1. The summed E-state index contributed by atoms with van der Waals surface area (Å²) in [5.74, 6) is 0.594. The second-order valence-corrected chi connectivity index (χ2v) is 10.9. The molecule has 2 aliphatic heterocycles. The van der Waals surface area contributed by atoms with E-state index in [1.807, 2.05) is 32.6 Å². The second-order valence-electron chi connectivity index (χ2n) is 10.5. The number of amides is 2. The number of benzene rings is 2. The maximum atomic E-state index is 13.4. The van der Waals surface area contributed by atoms with Crippen LogP contribution in [0.5, 0.6) is 5.75 Å². The van der Waals surface area contributed by atoms with Crippen molar-refractivity contribution in [1.82, 2.24) is 23.6 Å². The molecule has 0 aliphatic carbocycles. The molecule has 2 aromatic heterocycles. The van der Waals surface area contributed by atoms with Gasteiger partial charge in [0.05, 0.1) is 31.8 Å². The zero-order valence-electron chi connectivity index (χ0n) is 23.5. The SMILES string of the molecule is COc1cccc(N2C(=O)CC(N3CCN(c4nc5c(c(=O)n(C)c(=O)n5C)n4Cc4ccccc4Cl)CC3)C2=O)c1. The number of ether oxygens (including phenoxy) is 1. The van der Waals surface area contributed by atoms with Crippen molar-refractivity contribution in [2.75, 3.05) is 43.1 Å². The third-order valence-corrected chi connectivity index (χ3v) is 8.46. The molecule has 2 aromatic carbocycles. The highest BCUT2D eigenvalue weighted by atomic mass is 35.5. The molecule has 4 aromatic rings. The Morgan fingerprint density at radius 3 is 2.40 bits per heavy atom. The number of hydrogen-bond acceptors (Lipinski definition) is 8. The fourth-order valence-corrected chi connectivity index (χ4v) is 5.97. The van der Waals surface area contributed by atoms with Crippen molar-refractivity contribution in [2.45, 2.75) is 19.0 Å². The number of carbonyl (C=O) groups excluding carboxylic acids is 2. The lowest BCUT2D eigenvalue weighted by molar-refractivity contribution is -0.123. The van der Waals surface area contributed by atoms with Crippen molar-refractivity contribution in [3.63, 3.8) is 0 Å². The highest BCUT2D eigenvalue weighted by Crippen LogP contribution is 2.30. The average Bonchev–Trinajstić information content (AvgIpc) is 3.52. The molecule has 6 rings (SSSR count). The number of fused-ring (bicyclic) bond motifs is 1. The number of halogens is 1. The van der Waals surface area contributed by atoms with Crippen LogP contribution in [0.4, 0.5) is 11.6 Å². The first-order chi connectivity index (χ1) is 20.2. The smallest absolute Gasteiger partial charge is 0.332 e. The minimum atomic E-state index is -0.569. The number of methoxy groups -OCH3 is 1. The van der Waals surface area contributed by atoms with Crippen LogP contribution in [0.3, 0.4) is 0 Å². The Labute approximate surface area is 245 Å². The van der Waals surface area contributed by atoms with Gasteiger partial charge in [0, 0.05) is 51.4 Å². The van der Waals surface area contributed by atoms with Gasteiger partial charge in [-0.25, -0.2) is 9.69 Å². The van der Waals surface area contributed by atoms with E-state index in [1.165, 1.54) is 23.6 Å². The molecule has 0 radical (unpaired) electrons. The fourth-order valence-electron chi connectivity index (χ4n) is 5.78. The average molecular weight is 592 g/mol. The summed E-state index contributed by atoms with van der Waals surface area (Å²) in [5, 5.41) is 0.557. The number of carbonyl (C=O) groups is 2. The number of imidazole rings is 1. The molecule has 2 amide bonds. The van der Waals surface area contributed by atoms with Crippen LogP contribution in [0.25, 0.3) is 11.2 Å². The largest absolute Gasteiger partial charge is 0.497 e. The molecule has 0 N–H and O–H groups in total. The quantitative estimate of drug-likeness (QED) is 0.311. The van der Waals surface area contributed by atoms with E-state index in [4.69, 9.17) is 21.3 Å². The molecule has 1 atom stereocenters. The Hall–Kier alpha value is -4.42. The lowest BCUT2D eigenvalue weighted by atomic mass is 10.1. The summed E-state index contributed by atoms with van der Waals surface area (Å²) in [4.78, 5) is 62.4. The molecule has 2 fully saturated rings. The van der Waals surface area contributed by atoms with E-state index < -0.39 is 17.3 Å². The van der Waals surface area contributed by atoms with Gasteiger partial charge in [-0.1, -0.05) is 35.9 Å². The Bertz CT molecular complexity index is 1840. The van der Waals surface area contributed by atoms with Gasteiger partial charge < -0.3 is 9.64 Å². The topological polar surface area (TPSA) is 115 Å². The van der Waals surface area contributed by atoms with Gasteiger partial charge in [-0.05, 0) is 23.8 Å². The first kappa shape index (κ1) is 27.7. The predicted octanol–water partition coefficient (Wildman–Crippen LogP) is 1.60. The van der Waals surface area contributed by atoms with Gasteiger partial charge in [0.1, 0.15) is 5.75 Å². The Balaban J connectivity index is 1.29. The van der Waals surface area contributed by atoms with E-state index in [-0.39, 0.29) is 30.4 Å².